The summed E-state index contributed by atoms with van der Waals surface area (Å²) in [5.41, 5.74) is 1.96. The van der Waals surface area contributed by atoms with Crippen LogP contribution in [-0.4, -0.2) is 32.1 Å². The fraction of sp³-hybridized carbons (Fsp3) is 0. The average Bonchev–Trinajstić information content (AvgIpc) is 2.71. The van der Waals surface area contributed by atoms with E-state index in [-0.39, 0.29) is 5.46 Å². The van der Waals surface area contributed by atoms with Gasteiger partial charge >= 0.3 is 7.12 Å². The van der Waals surface area contributed by atoms with Crippen molar-refractivity contribution >= 4 is 23.9 Å². The average molecular weight is 207 g/mol. The molecule has 0 saturated carbocycles. The third-order valence-corrected chi connectivity index (χ3v) is 2.39. The summed E-state index contributed by atoms with van der Waals surface area (Å²) in [6.45, 7) is 0. The molecule has 0 fully saturated rings. The first-order valence-corrected chi connectivity index (χ1v) is 4.72. The van der Waals surface area contributed by atoms with E-state index >= 15 is 0 Å². The van der Waals surface area contributed by atoms with Gasteiger partial charge in [0.25, 0.3) is 0 Å². The molecule has 0 amide bonds. The molecule has 0 aromatic carbocycles. The van der Waals surface area contributed by atoms with Crippen molar-refractivity contribution < 1.29 is 10.0 Å². The van der Waals surface area contributed by atoms with Crippen LogP contribution in [0.15, 0.2) is 24.1 Å². The minimum Gasteiger partial charge on any atom is -0.423 e. The standard InChI is InChI=1S/C7H6BN3O2S/c12-8(13)5-1-10-7(11-2-5)6-3-9-4-14-6/h1-4,12-13H. The first kappa shape index (κ1) is 9.26. The van der Waals surface area contributed by atoms with Gasteiger partial charge in [0.05, 0.1) is 10.4 Å². The molecular formula is C7H6BN3O2S. The number of rotatable bonds is 2. The largest absolute Gasteiger partial charge is 0.491 e. The molecule has 0 aliphatic rings. The molecule has 7 heteroatoms. The Balaban J connectivity index is 2.31. The molecule has 2 heterocycles. The van der Waals surface area contributed by atoms with Crippen LogP contribution < -0.4 is 5.46 Å². The van der Waals surface area contributed by atoms with E-state index in [1.54, 1.807) is 11.7 Å². The lowest BCUT2D eigenvalue weighted by atomic mass is 9.83. The van der Waals surface area contributed by atoms with Gasteiger partial charge < -0.3 is 10.0 Å². The van der Waals surface area contributed by atoms with Crippen LogP contribution in [0.2, 0.25) is 0 Å². The Morgan fingerprint density at radius 3 is 2.36 bits per heavy atom. The molecular weight excluding hydrogens is 201 g/mol. The quantitative estimate of drug-likeness (QED) is 0.635. The summed E-state index contributed by atoms with van der Waals surface area (Å²) in [5.74, 6) is 0.539. The molecule has 0 unspecified atom stereocenters. The maximum atomic E-state index is 8.81. The number of hydrogen-bond donors (Lipinski definition) is 2. The zero-order chi connectivity index (χ0) is 9.97. The van der Waals surface area contributed by atoms with E-state index < -0.39 is 7.12 Å². The smallest absolute Gasteiger partial charge is 0.423 e. The molecule has 0 saturated heterocycles. The van der Waals surface area contributed by atoms with Crippen molar-refractivity contribution in [3.05, 3.63) is 24.1 Å². The van der Waals surface area contributed by atoms with E-state index in [9.17, 15) is 0 Å². The van der Waals surface area contributed by atoms with Crippen LogP contribution in [-0.2, 0) is 0 Å². The van der Waals surface area contributed by atoms with Crippen LogP contribution in [0.25, 0.3) is 10.7 Å². The van der Waals surface area contributed by atoms with E-state index in [4.69, 9.17) is 10.0 Å². The Bertz CT molecular complexity index is 403. The van der Waals surface area contributed by atoms with Gasteiger partial charge in [-0.3, -0.25) is 4.98 Å². The molecule has 0 aliphatic carbocycles. The van der Waals surface area contributed by atoms with Crippen LogP contribution >= 0.6 is 11.3 Å². The topological polar surface area (TPSA) is 79.1 Å². The van der Waals surface area contributed by atoms with Crippen LogP contribution in [0.5, 0.6) is 0 Å². The number of nitrogens with zero attached hydrogens (tertiary/aromatic N) is 3. The Morgan fingerprint density at radius 1 is 1.14 bits per heavy atom. The number of thiazole rings is 1. The molecule has 0 atom stereocenters. The maximum absolute atomic E-state index is 8.81. The molecule has 5 nitrogen and oxygen atoms in total. The van der Waals surface area contributed by atoms with Gasteiger partial charge in [0, 0.05) is 24.1 Å². The van der Waals surface area contributed by atoms with Gasteiger partial charge in [0.2, 0.25) is 0 Å². The monoisotopic (exact) mass is 207 g/mol. The SMILES string of the molecule is OB(O)c1cnc(-c2cncs2)nc1. The van der Waals surface area contributed by atoms with E-state index in [0.717, 1.165) is 4.88 Å². The van der Waals surface area contributed by atoms with E-state index in [1.165, 1.54) is 23.7 Å². The highest BCUT2D eigenvalue weighted by molar-refractivity contribution is 7.13. The fourth-order valence-corrected chi connectivity index (χ4v) is 1.49. The summed E-state index contributed by atoms with van der Waals surface area (Å²) in [5, 5.41) is 17.6. The first-order chi connectivity index (χ1) is 6.77. The van der Waals surface area contributed by atoms with Gasteiger partial charge in [0.1, 0.15) is 0 Å². The second-order valence-corrected chi connectivity index (χ2v) is 3.47. The molecule has 14 heavy (non-hydrogen) atoms. The van der Waals surface area contributed by atoms with Crippen molar-refractivity contribution in [1.82, 2.24) is 15.0 Å². The molecule has 0 aliphatic heterocycles. The summed E-state index contributed by atoms with van der Waals surface area (Å²) in [6.07, 6.45) is 4.43. The highest BCUT2D eigenvalue weighted by atomic mass is 32.1. The van der Waals surface area contributed by atoms with Gasteiger partial charge in [-0.1, -0.05) is 0 Å². The predicted octanol–water partition coefficient (Wildman–Crippen LogP) is -0.720. The van der Waals surface area contributed by atoms with Gasteiger partial charge in [0.15, 0.2) is 5.82 Å². The van der Waals surface area contributed by atoms with Gasteiger partial charge in [-0.2, -0.15) is 0 Å². The maximum Gasteiger partial charge on any atom is 0.491 e. The van der Waals surface area contributed by atoms with Gasteiger partial charge in [-0.25, -0.2) is 9.97 Å². The van der Waals surface area contributed by atoms with Gasteiger partial charge in [-0.05, 0) is 0 Å². The Labute approximate surface area is 84.3 Å². The summed E-state index contributed by atoms with van der Waals surface area (Å²) in [6, 6.07) is 0. The van der Waals surface area contributed by atoms with Gasteiger partial charge in [-0.15, -0.1) is 11.3 Å². The highest BCUT2D eigenvalue weighted by Crippen LogP contribution is 2.16. The van der Waals surface area contributed by atoms with E-state index in [2.05, 4.69) is 15.0 Å². The van der Waals surface area contributed by atoms with Crippen molar-refractivity contribution in [3.63, 3.8) is 0 Å². The second kappa shape index (κ2) is 3.83. The first-order valence-electron chi connectivity index (χ1n) is 3.84. The summed E-state index contributed by atoms with van der Waals surface area (Å²) in [7, 11) is -1.52. The molecule has 2 aromatic rings. The summed E-state index contributed by atoms with van der Waals surface area (Å²) >= 11 is 1.43. The lowest BCUT2D eigenvalue weighted by Crippen LogP contribution is -2.30. The van der Waals surface area contributed by atoms with Crippen LogP contribution in [0.3, 0.4) is 0 Å². The van der Waals surface area contributed by atoms with E-state index in [0.29, 0.717) is 5.82 Å². The fourth-order valence-electron chi connectivity index (χ4n) is 0.925. The Hall–Kier alpha value is -1.31. The van der Waals surface area contributed by atoms with Crippen LogP contribution in [0, 0.1) is 0 Å². The zero-order valence-electron chi connectivity index (χ0n) is 7.03. The predicted molar refractivity (Wildman–Crippen MR) is 53.0 cm³/mol. The molecule has 2 rings (SSSR count). The van der Waals surface area contributed by atoms with Crippen molar-refractivity contribution in [1.29, 1.82) is 0 Å². The van der Waals surface area contributed by atoms with Crippen molar-refractivity contribution in [2.45, 2.75) is 0 Å². The normalized spacial score (nSPS) is 10.1. The van der Waals surface area contributed by atoms with Crippen molar-refractivity contribution in [3.8, 4) is 10.7 Å². The second-order valence-electron chi connectivity index (χ2n) is 2.58. The van der Waals surface area contributed by atoms with Crippen LogP contribution in [0.1, 0.15) is 0 Å². The van der Waals surface area contributed by atoms with Crippen molar-refractivity contribution in [2.75, 3.05) is 0 Å². The third-order valence-electron chi connectivity index (χ3n) is 1.62. The number of aromatic nitrogens is 3. The Kier molecular flexibility index (Phi) is 2.53. The molecule has 0 bridgehead atoms. The minimum absolute atomic E-state index is 0.276. The molecule has 0 radical (unpaired) electrons. The highest BCUT2D eigenvalue weighted by Gasteiger charge is 2.12. The number of hydrogen-bond acceptors (Lipinski definition) is 6. The summed E-state index contributed by atoms with van der Waals surface area (Å²) in [4.78, 5) is 12.7. The molecule has 2 N–H and O–H groups in total. The third kappa shape index (κ3) is 1.79. The van der Waals surface area contributed by atoms with Crippen LogP contribution in [0.4, 0.5) is 0 Å². The molecule has 70 valence electrons. The van der Waals surface area contributed by atoms with E-state index in [1.807, 2.05) is 0 Å². The molecule has 0 spiro atoms. The van der Waals surface area contributed by atoms with Crippen molar-refractivity contribution in [2.24, 2.45) is 0 Å². The lowest BCUT2D eigenvalue weighted by Gasteiger charge is -1.98. The minimum atomic E-state index is -1.52. The lowest BCUT2D eigenvalue weighted by molar-refractivity contribution is 0.425. The Morgan fingerprint density at radius 2 is 1.86 bits per heavy atom. The summed E-state index contributed by atoms with van der Waals surface area (Å²) < 4.78 is 0. The molecule has 2 aromatic heterocycles. The zero-order valence-corrected chi connectivity index (χ0v) is 7.85.